The predicted octanol–water partition coefficient (Wildman–Crippen LogP) is 8.49. The van der Waals surface area contributed by atoms with Crippen LogP contribution in [-0.4, -0.2) is 26.0 Å². The van der Waals surface area contributed by atoms with E-state index in [0.29, 0.717) is 8.87 Å². The first-order valence-electron chi connectivity index (χ1n) is 9.77. The Hall–Kier alpha value is -0.261. The van der Waals surface area contributed by atoms with Gasteiger partial charge in [-0.3, -0.25) is 0 Å². The molecule has 0 aliphatic heterocycles. The van der Waals surface area contributed by atoms with Gasteiger partial charge in [-0.25, -0.2) is 0 Å². The Morgan fingerprint density at radius 3 is 1.28 bits per heavy atom. The summed E-state index contributed by atoms with van der Waals surface area (Å²) in [5, 5.41) is 1.15. The SMILES string of the molecule is CCC[CH2][Sn]([CH2]CCC)([C](=O)c1c(Cl)cccc1Cl)[C](=O)c1c(Cl)cccc1Cl. The van der Waals surface area contributed by atoms with Crippen molar-refractivity contribution >= 4 is 72.4 Å². The summed E-state index contributed by atoms with van der Waals surface area (Å²) >= 11 is 21.2. The number of unbranched alkanes of at least 4 members (excludes halogenated alkanes) is 2. The average Bonchev–Trinajstić information content (AvgIpc) is 2.68. The van der Waals surface area contributed by atoms with E-state index in [2.05, 4.69) is 13.8 Å². The Labute approximate surface area is 196 Å². The van der Waals surface area contributed by atoms with Gasteiger partial charge < -0.3 is 0 Å². The third-order valence-corrected chi connectivity index (χ3v) is 19.7. The zero-order chi connectivity index (χ0) is 21.6. The first-order chi connectivity index (χ1) is 13.8. The molecule has 0 radical (unpaired) electrons. The molecule has 0 saturated heterocycles. The van der Waals surface area contributed by atoms with Gasteiger partial charge >= 0.3 is 198 Å². The first-order valence-corrected chi connectivity index (χ1v) is 18.2. The van der Waals surface area contributed by atoms with Crippen LogP contribution < -0.4 is 0 Å². The molecule has 29 heavy (non-hydrogen) atoms. The topological polar surface area (TPSA) is 34.1 Å². The molecule has 2 rings (SSSR count). The molecule has 0 amide bonds. The summed E-state index contributed by atoms with van der Waals surface area (Å²) in [7, 11) is 0. The van der Waals surface area contributed by atoms with E-state index in [1.165, 1.54) is 0 Å². The Morgan fingerprint density at radius 2 is 1.00 bits per heavy atom. The zero-order valence-corrected chi connectivity index (χ0v) is 22.4. The van der Waals surface area contributed by atoms with Crippen molar-refractivity contribution in [1.29, 1.82) is 0 Å². The number of hydrogen-bond donors (Lipinski definition) is 0. The van der Waals surface area contributed by atoms with E-state index in [4.69, 9.17) is 46.4 Å². The Bertz CT molecular complexity index is 784. The number of halogens is 4. The van der Waals surface area contributed by atoms with Crippen molar-refractivity contribution in [2.75, 3.05) is 0 Å². The third kappa shape index (κ3) is 5.51. The molecule has 156 valence electrons. The molecule has 0 aliphatic rings. The summed E-state index contributed by atoms with van der Waals surface area (Å²) in [6.45, 7) is 4.10. The molecule has 0 aromatic heterocycles. The van der Waals surface area contributed by atoms with Crippen LogP contribution in [0.3, 0.4) is 0 Å². The van der Waals surface area contributed by atoms with Gasteiger partial charge in [-0.15, -0.1) is 0 Å². The molecule has 0 saturated carbocycles. The van der Waals surface area contributed by atoms with Gasteiger partial charge in [0.1, 0.15) is 0 Å². The van der Waals surface area contributed by atoms with Crippen LogP contribution in [-0.2, 0) is 0 Å². The Morgan fingerprint density at radius 1 is 0.690 bits per heavy atom. The Balaban J connectivity index is 2.73. The van der Waals surface area contributed by atoms with Gasteiger partial charge in [-0.2, -0.15) is 0 Å². The van der Waals surface area contributed by atoms with E-state index in [0.717, 1.165) is 25.7 Å². The van der Waals surface area contributed by atoms with Gasteiger partial charge in [-0.1, -0.05) is 0 Å². The molecule has 7 heteroatoms. The normalized spacial score (nSPS) is 11.5. The summed E-state index contributed by atoms with van der Waals surface area (Å²) < 4.78 is 0.869. The van der Waals surface area contributed by atoms with Gasteiger partial charge in [0, 0.05) is 0 Å². The molecule has 0 spiro atoms. The second kappa shape index (κ2) is 11.4. The Kier molecular flexibility index (Phi) is 9.81. The summed E-state index contributed by atoms with van der Waals surface area (Å²) in [5.74, 6) is 0. The molecule has 0 atom stereocenters. The summed E-state index contributed by atoms with van der Waals surface area (Å²) in [6.07, 6.45) is 3.36. The monoisotopic (exact) mass is 580 g/mol. The van der Waals surface area contributed by atoms with Crippen LogP contribution >= 0.6 is 46.4 Å². The van der Waals surface area contributed by atoms with E-state index in [1.54, 1.807) is 36.4 Å². The third-order valence-electron chi connectivity index (χ3n) is 5.16. The molecule has 0 fully saturated rings. The van der Waals surface area contributed by atoms with Gasteiger partial charge in [0.15, 0.2) is 0 Å². The van der Waals surface area contributed by atoms with E-state index >= 15 is 0 Å². The summed E-state index contributed by atoms with van der Waals surface area (Å²) in [4.78, 5) is 28.0. The average molecular weight is 581 g/mol. The van der Waals surface area contributed by atoms with E-state index in [1.807, 2.05) is 0 Å². The fourth-order valence-corrected chi connectivity index (χ4v) is 19.2. The van der Waals surface area contributed by atoms with Crippen LogP contribution in [0.1, 0.15) is 60.2 Å². The van der Waals surface area contributed by atoms with Gasteiger partial charge in [0.25, 0.3) is 0 Å². The molecule has 0 heterocycles. The van der Waals surface area contributed by atoms with Crippen LogP contribution in [0.4, 0.5) is 0 Å². The second-order valence-electron chi connectivity index (χ2n) is 7.14. The van der Waals surface area contributed by atoms with Crippen molar-refractivity contribution in [2.24, 2.45) is 0 Å². The number of benzene rings is 2. The molecule has 2 nitrogen and oxygen atoms in total. The maximum absolute atomic E-state index is 14.0. The van der Waals surface area contributed by atoms with Crippen molar-refractivity contribution in [2.45, 2.75) is 48.4 Å². The second-order valence-corrected chi connectivity index (χ2v) is 20.4. The summed E-state index contributed by atoms with van der Waals surface area (Å²) in [5.41, 5.74) is 0.547. The van der Waals surface area contributed by atoms with Crippen molar-refractivity contribution < 1.29 is 9.59 Å². The summed E-state index contributed by atoms with van der Waals surface area (Å²) in [6, 6.07) is 9.97. The first kappa shape index (κ1) is 25.0. The van der Waals surface area contributed by atoms with E-state index in [9.17, 15) is 9.59 Å². The molecule has 2 aromatic carbocycles. The van der Waals surface area contributed by atoms with Crippen molar-refractivity contribution in [3.8, 4) is 0 Å². The fourth-order valence-electron chi connectivity index (χ4n) is 3.55. The molecule has 0 unspecified atom stereocenters. The number of carbonyl (C=O) groups is 2. The van der Waals surface area contributed by atoms with Gasteiger partial charge in [0.05, 0.1) is 0 Å². The van der Waals surface area contributed by atoms with Crippen LogP contribution in [0.5, 0.6) is 0 Å². The van der Waals surface area contributed by atoms with Crippen molar-refractivity contribution in [3.05, 3.63) is 67.6 Å². The van der Waals surface area contributed by atoms with Crippen LogP contribution in [0.2, 0.25) is 29.0 Å². The standard InChI is InChI=1S/2C7H3Cl2O.2C4H9.Sn/c2*8-6-2-1-3-7(9)5(6)4-10;2*1-3-4-2;/h2*1-3H;2*1,3-4H2,2H3;. The molecule has 0 aliphatic carbocycles. The van der Waals surface area contributed by atoms with Crippen molar-refractivity contribution in [3.63, 3.8) is 0 Å². The van der Waals surface area contributed by atoms with Crippen LogP contribution in [0.25, 0.3) is 0 Å². The zero-order valence-electron chi connectivity index (χ0n) is 16.5. The van der Waals surface area contributed by atoms with Crippen LogP contribution in [0, 0.1) is 0 Å². The molecular formula is C22H24Cl4O2Sn. The fraction of sp³-hybridized carbons (Fsp3) is 0.364. The quantitative estimate of drug-likeness (QED) is 0.264. The molecular weight excluding hydrogens is 557 g/mol. The maximum atomic E-state index is 14.0. The minimum absolute atomic E-state index is 0.155. The van der Waals surface area contributed by atoms with E-state index in [-0.39, 0.29) is 38.8 Å². The number of hydrogen-bond acceptors (Lipinski definition) is 2. The predicted molar refractivity (Wildman–Crippen MR) is 127 cm³/mol. The molecule has 0 N–H and O–H groups in total. The van der Waals surface area contributed by atoms with E-state index < -0.39 is 18.4 Å². The van der Waals surface area contributed by atoms with Crippen molar-refractivity contribution in [1.82, 2.24) is 0 Å². The molecule has 0 bridgehead atoms. The van der Waals surface area contributed by atoms with Gasteiger partial charge in [-0.05, 0) is 0 Å². The minimum atomic E-state index is -4.26. The number of rotatable bonds is 10. The number of carbonyl (C=O) groups excluding carboxylic acids is 2. The van der Waals surface area contributed by atoms with Crippen LogP contribution in [0.15, 0.2) is 36.4 Å². The van der Waals surface area contributed by atoms with Gasteiger partial charge in [0.2, 0.25) is 0 Å². The molecule has 2 aromatic rings.